The monoisotopic (exact) mass is 174 g/mol. The van der Waals surface area contributed by atoms with Crippen LogP contribution in [0.1, 0.15) is 37.8 Å². The van der Waals surface area contributed by atoms with Crippen LogP contribution in [0.15, 0.2) is 30.3 Å². The van der Waals surface area contributed by atoms with Crippen LogP contribution in [0, 0.1) is 6.92 Å². The van der Waals surface area contributed by atoms with E-state index in [1.54, 1.807) is 0 Å². The van der Waals surface area contributed by atoms with Gasteiger partial charge in [-0.2, -0.15) is 0 Å². The van der Waals surface area contributed by atoms with Crippen LogP contribution in [0.4, 0.5) is 0 Å². The van der Waals surface area contributed by atoms with Gasteiger partial charge in [0.05, 0.1) is 0 Å². The molecule has 0 heterocycles. The largest absolute Gasteiger partial charge is 0.0810 e. The van der Waals surface area contributed by atoms with Crippen LogP contribution < -0.4 is 0 Å². The summed E-state index contributed by atoms with van der Waals surface area (Å²) in [4.78, 5) is 0. The third-order valence-electron chi connectivity index (χ3n) is 2.32. The van der Waals surface area contributed by atoms with Gasteiger partial charge in [0.1, 0.15) is 0 Å². The molecule has 0 atom stereocenters. The lowest BCUT2D eigenvalue weighted by molar-refractivity contribution is 1.16. The molecule has 1 aromatic carbocycles. The lowest BCUT2D eigenvalue weighted by Crippen LogP contribution is -1.86. The molecule has 0 saturated carbocycles. The zero-order valence-electron chi connectivity index (χ0n) is 8.80. The van der Waals surface area contributed by atoms with Gasteiger partial charge in [0, 0.05) is 0 Å². The number of allylic oxidation sites excluding steroid dienone is 2. The molecule has 0 aromatic heterocycles. The summed E-state index contributed by atoms with van der Waals surface area (Å²) in [5.41, 5.74) is 4.26. The molecule has 1 rings (SSSR count). The van der Waals surface area contributed by atoms with E-state index in [9.17, 15) is 0 Å². The first-order valence-electron chi connectivity index (χ1n) is 5.04. The number of rotatable bonds is 3. The van der Waals surface area contributed by atoms with E-state index in [0.717, 1.165) is 12.8 Å². The highest BCUT2D eigenvalue weighted by Crippen LogP contribution is 2.21. The summed E-state index contributed by atoms with van der Waals surface area (Å²) in [5, 5.41) is 0. The van der Waals surface area contributed by atoms with Gasteiger partial charge in [-0.25, -0.2) is 0 Å². The summed E-state index contributed by atoms with van der Waals surface area (Å²) >= 11 is 0. The average molecular weight is 174 g/mol. The average Bonchev–Trinajstić information content (AvgIpc) is 2.16. The van der Waals surface area contributed by atoms with Crippen LogP contribution in [-0.2, 0) is 0 Å². The normalized spacial score (nSPS) is 11.8. The molecule has 0 heteroatoms. The van der Waals surface area contributed by atoms with E-state index in [4.69, 9.17) is 0 Å². The summed E-state index contributed by atoms with van der Waals surface area (Å²) in [6, 6.07) is 8.59. The Balaban J connectivity index is 3.05. The molecule has 0 bridgehead atoms. The summed E-state index contributed by atoms with van der Waals surface area (Å²) < 4.78 is 0. The van der Waals surface area contributed by atoms with Crippen LogP contribution in [-0.4, -0.2) is 0 Å². The Morgan fingerprint density at radius 3 is 2.46 bits per heavy atom. The Morgan fingerprint density at radius 1 is 1.23 bits per heavy atom. The van der Waals surface area contributed by atoms with Gasteiger partial charge >= 0.3 is 0 Å². The van der Waals surface area contributed by atoms with Crippen molar-refractivity contribution in [3.8, 4) is 0 Å². The molecule has 0 unspecified atom stereocenters. The van der Waals surface area contributed by atoms with Crippen molar-refractivity contribution >= 4 is 5.57 Å². The Bertz CT molecular complexity index is 295. The second kappa shape index (κ2) is 4.86. The van der Waals surface area contributed by atoms with Crippen molar-refractivity contribution in [1.82, 2.24) is 0 Å². The predicted octanol–water partition coefficient (Wildman–Crippen LogP) is 4.20. The first-order chi connectivity index (χ1) is 6.29. The first kappa shape index (κ1) is 10.0. The second-order valence-electron chi connectivity index (χ2n) is 3.31. The smallest absolute Gasteiger partial charge is 0.0199 e. The molecular weight excluding hydrogens is 156 g/mol. The van der Waals surface area contributed by atoms with Crippen molar-refractivity contribution < 1.29 is 0 Å². The maximum absolute atomic E-state index is 2.32. The summed E-state index contributed by atoms with van der Waals surface area (Å²) in [5.74, 6) is 0. The standard InChI is InChI=1S/C13H18/c1-4-8-12(5-2)13-10-7-6-9-11(13)3/h6-10H,4-5H2,1-3H3/b12-8+. The van der Waals surface area contributed by atoms with E-state index in [-0.39, 0.29) is 0 Å². The van der Waals surface area contributed by atoms with Gasteiger partial charge in [-0.15, -0.1) is 0 Å². The molecule has 0 amide bonds. The van der Waals surface area contributed by atoms with E-state index in [0.29, 0.717) is 0 Å². The maximum atomic E-state index is 2.32. The minimum atomic E-state index is 1.12. The summed E-state index contributed by atoms with van der Waals surface area (Å²) in [6.45, 7) is 6.58. The fourth-order valence-electron chi connectivity index (χ4n) is 1.62. The third kappa shape index (κ3) is 2.45. The molecule has 0 saturated heterocycles. The SMILES string of the molecule is CC/C=C(\CC)c1ccccc1C. The Hall–Kier alpha value is -1.04. The fourth-order valence-corrected chi connectivity index (χ4v) is 1.62. The van der Waals surface area contributed by atoms with Crippen LogP contribution >= 0.6 is 0 Å². The highest BCUT2D eigenvalue weighted by atomic mass is 14.1. The van der Waals surface area contributed by atoms with Crippen molar-refractivity contribution in [1.29, 1.82) is 0 Å². The van der Waals surface area contributed by atoms with E-state index in [2.05, 4.69) is 51.1 Å². The van der Waals surface area contributed by atoms with Gasteiger partial charge in [0.15, 0.2) is 0 Å². The molecule has 0 spiro atoms. The van der Waals surface area contributed by atoms with Gasteiger partial charge < -0.3 is 0 Å². The van der Waals surface area contributed by atoms with E-state index in [1.807, 2.05) is 0 Å². The van der Waals surface area contributed by atoms with Crippen molar-refractivity contribution in [2.75, 3.05) is 0 Å². The summed E-state index contributed by atoms with van der Waals surface area (Å²) in [7, 11) is 0. The molecule has 0 fully saturated rings. The number of benzene rings is 1. The Morgan fingerprint density at radius 2 is 1.92 bits per heavy atom. The van der Waals surface area contributed by atoms with Gasteiger partial charge in [-0.05, 0) is 36.5 Å². The minimum Gasteiger partial charge on any atom is -0.0810 e. The maximum Gasteiger partial charge on any atom is -0.0199 e. The zero-order valence-corrected chi connectivity index (χ0v) is 8.80. The van der Waals surface area contributed by atoms with Crippen molar-refractivity contribution in [2.45, 2.75) is 33.6 Å². The minimum absolute atomic E-state index is 1.12. The Kier molecular flexibility index (Phi) is 3.75. The molecule has 13 heavy (non-hydrogen) atoms. The Labute approximate surface area is 81.3 Å². The molecule has 70 valence electrons. The number of hydrogen-bond acceptors (Lipinski definition) is 0. The van der Waals surface area contributed by atoms with Crippen molar-refractivity contribution in [3.63, 3.8) is 0 Å². The number of hydrogen-bond donors (Lipinski definition) is 0. The second-order valence-corrected chi connectivity index (χ2v) is 3.31. The number of aryl methyl sites for hydroxylation is 1. The van der Waals surface area contributed by atoms with Gasteiger partial charge in [-0.1, -0.05) is 44.2 Å². The van der Waals surface area contributed by atoms with Crippen LogP contribution in [0.3, 0.4) is 0 Å². The summed E-state index contributed by atoms with van der Waals surface area (Å²) in [6.07, 6.45) is 4.57. The topological polar surface area (TPSA) is 0 Å². The van der Waals surface area contributed by atoms with Gasteiger partial charge in [0.2, 0.25) is 0 Å². The van der Waals surface area contributed by atoms with Crippen LogP contribution in [0.25, 0.3) is 5.57 Å². The quantitative estimate of drug-likeness (QED) is 0.644. The fraction of sp³-hybridized carbons (Fsp3) is 0.385. The lowest BCUT2D eigenvalue weighted by atomic mass is 9.98. The van der Waals surface area contributed by atoms with Gasteiger partial charge in [0.25, 0.3) is 0 Å². The lowest BCUT2D eigenvalue weighted by Gasteiger charge is -2.07. The molecule has 0 aliphatic carbocycles. The molecule has 1 aromatic rings. The van der Waals surface area contributed by atoms with Gasteiger partial charge in [-0.3, -0.25) is 0 Å². The van der Waals surface area contributed by atoms with E-state index in [1.165, 1.54) is 16.7 Å². The third-order valence-corrected chi connectivity index (χ3v) is 2.32. The highest BCUT2D eigenvalue weighted by molar-refractivity contribution is 5.67. The predicted molar refractivity (Wildman–Crippen MR) is 59.7 cm³/mol. The van der Waals surface area contributed by atoms with E-state index >= 15 is 0 Å². The van der Waals surface area contributed by atoms with Crippen molar-refractivity contribution in [2.24, 2.45) is 0 Å². The molecular formula is C13H18. The van der Waals surface area contributed by atoms with Crippen LogP contribution in [0.5, 0.6) is 0 Å². The molecule has 0 nitrogen and oxygen atoms in total. The van der Waals surface area contributed by atoms with E-state index < -0.39 is 0 Å². The molecule has 0 N–H and O–H groups in total. The zero-order chi connectivity index (χ0) is 9.68. The van der Waals surface area contributed by atoms with Crippen LogP contribution in [0.2, 0.25) is 0 Å². The molecule has 0 radical (unpaired) electrons. The van der Waals surface area contributed by atoms with Crippen molar-refractivity contribution in [3.05, 3.63) is 41.5 Å². The molecule has 0 aliphatic rings. The highest BCUT2D eigenvalue weighted by Gasteiger charge is 2.00. The molecule has 0 aliphatic heterocycles. The first-order valence-corrected chi connectivity index (χ1v) is 5.04.